The topological polar surface area (TPSA) is 102 Å². The number of amides is 1. The summed E-state index contributed by atoms with van der Waals surface area (Å²) < 4.78 is 41.1. The van der Waals surface area contributed by atoms with Crippen molar-refractivity contribution in [3.63, 3.8) is 0 Å². The average molecular weight is 595 g/mol. The number of hydrazone groups is 1. The first-order valence-corrected chi connectivity index (χ1v) is 14.4. The predicted molar refractivity (Wildman–Crippen MR) is 161 cm³/mol. The van der Waals surface area contributed by atoms with Gasteiger partial charge < -0.3 is 14.0 Å². The fourth-order valence-corrected chi connectivity index (χ4v) is 5.92. The number of carbonyl (C=O) groups is 1. The number of carbonyl (C=O) groups excluding carboxylic acids is 1. The maximum absolute atomic E-state index is 13.7. The smallest absolute Gasteiger partial charge is 0.264 e. The summed E-state index contributed by atoms with van der Waals surface area (Å²) >= 11 is 6.03. The first-order chi connectivity index (χ1) is 19.5. The van der Waals surface area contributed by atoms with E-state index in [1.165, 1.54) is 38.6 Å². The Kier molecular flexibility index (Phi) is 9.05. The zero-order valence-corrected chi connectivity index (χ0v) is 25.0. The van der Waals surface area contributed by atoms with E-state index in [1.54, 1.807) is 24.3 Å². The van der Waals surface area contributed by atoms with E-state index in [9.17, 15) is 13.2 Å². The van der Waals surface area contributed by atoms with Crippen molar-refractivity contribution in [3.8, 4) is 17.2 Å². The number of nitrogens with zero attached hydrogens (tertiary/aromatic N) is 3. The van der Waals surface area contributed by atoms with Crippen LogP contribution in [0.2, 0.25) is 5.02 Å². The van der Waals surface area contributed by atoms with Crippen molar-refractivity contribution in [2.45, 2.75) is 25.7 Å². The number of benzene rings is 3. The third kappa shape index (κ3) is 6.55. The minimum atomic E-state index is -4.12. The van der Waals surface area contributed by atoms with E-state index < -0.39 is 22.5 Å². The molecule has 41 heavy (non-hydrogen) atoms. The number of ether oxygens (including phenoxy) is 2. The van der Waals surface area contributed by atoms with Crippen LogP contribution in [0.3, 0.4) is 0 Å². The van der Waals surface area contributed by atoms with Crippen LogP contribution in [0.4, 0.5) is 5.69 Å². The molecule has 0 saturated carbocycles. The molecule has 0 spiro atoms. The monoisotopic (exact) mass is 594 g/mol. The second-order valence-corrected chi connectivity index (χ2v) is 11.6. The van der Waals surface area contributed by atoms with Crippen molar-refractivity contribution in [3.05, 3.63) is 100 Å². The zero-order valence-electron chi connectivity index (χ0n) is 23.4. The summed E-state index contributed by atoms with van der Waals surface area (Å²) in [5.41, 5.74) is 7.22. The van der Waals surface area contributed by atoms with Crippen LogP contribution >= 0.6 is 11.6 Å². The third-order valence-corrected chi connectivity index (χ3v) is 8.54. The summed E-state index contributed by atoms with van der Waals surface area (Å²) in [4.78, 5) is 13.1. The fraction of sp³-hybridized carbons (Fsp3) is 0.200. The molecule has 9 nitrogen and oxygen atoms in total. The van der Waals surface area contributed by atoms with Gasteiger partial charge in [-0.15, -0.1) is 0 Å². The largest absolute Gasteiger partial charge is 0.493 e. The molecule has 1 aromatic heterocycles. The van der Waals surface area contributed by atoms with Gasteiger partial charge in [0.25, 0.3) is 15.9 Å². The highest BCUT2D eigenvalue weighted by atomic mass is 35.5. The van der Waals surface area contributed by atoms with Gasteiger partial charge in [0.15, 0.2) is 11.5 Å². The molecule has 0 aliphatic heterocycles. The van der Waals surface area contributed by atoms with Gasteiger partial charge in [0.2, 0.25) is 0 Å². The van der Waals surface area contributed by atoms with E-state index in [0.717, 1.165) is 32.5 Å². The van der Waals surface area contributed by atoms with Gasteiger partial charge in [0.1, 0.15) is 6.54 Å². The zero-order chi connectivity index (χ0) is 29.7. The Hall–Kier alpha value is -4.28. The van der Waals surface area contributed by atoms with Crippen LogP contribution in [0.25, 0.3) is 5.69 Å². The fourth-order valence-electron chi connectivity index (χ4n) is 4.38. The summed E-state index contributed by atoms with van der Waals surface area (Å²) in [6.07, 6.45) is 1.53. The highest BCUT2D eigenvalue weighted by Gasteiger charge is 2.28. The van der Waals surface area contributed by atoms with Crippen molar-refractivity contribution >= 4 is 39.4 Å². The van der Waals surface area contributed by atoms with Crippen molar-refractivity contribution in [2.24, 2.45) is 5.10 Å². The van der Waals surface area contributed by atoms with Gasteiger partial charge in [0.05, 0.1) is 31.0 Å². The van der Waals surface area contributed by atoms with E-state index >= 15 is 0 Å². The number of aromatic nitrogens is 1. The van der Waals surface area contributed by atoms with Crippen LogP contribution in [0.1, 0.15) is 22.5 Å². The number of anilines is 1. The highest BCUT2D eigenvalue weighted by Crippen LogP contribution is 2.33. The van der Waals surface area contributed by atoms with Crippen LogP contribution in [0.15, 0.2) is 82.8 Å². The van der Waals surface area contributed by atoms with Gasteiger partial charge in [0, 0.05) is 33.7 Å². The predicted octanol–water partition coefficient (Wildman–Crippen LogP) is 5.42. The molecule has 3 aromatic carbocycles. The molecule has 1 heterocycles. The van der Waals surface area contributed by atoms with E-state index in [-0.39, 0.29) is 10.6 Å². The van der Waals surface area contributed by atoms with Crippen LogP contribution < -0.4 is 19.2 Å². The Labute approximate surface area is 245 Å². The standard InChI is InChI=1S/C30H31ClN4O5S/c1-20-6-13-27(14-7-20)41(37,38)34(26-12-15-28(39-4)29(17-26)40-5)19-30(36)33-32-18-23-16-21(2)35(22(23)3)25-10-8-24(31)9-11-25/h6-18H,19H2,1-5H3,(H,33,36)/b32-18+. The van der Waals surface area contributed by atoms with Gasteiger partial charge in [-0.05, 0) is 75.4 Å². The molecule has 0 radical (unpaired) electrons. The normalized spacial score (nSPS) is 11.5. The number of aryl methyl sites for hydroxylation is 2. The molecule has 1 amide bonds. The van der Waals surface area contributed by atoms with Gasteiger partial charge in [-0.3, -0.25) is 9.10 Å². The molecule has 0 fully saturated rings. The van der Waals surface area contributed by atoms with Gasteiger partial charge in [-0.1, -0.05) is 29.3 Å². The number of hydrogen-bond donors (Lipinski definition) is 1. The molecule has 0 unspecified atom stereocenters. The lowest BCUT2D eigenvalue weighted by atomic mass is 10.2. The molecule has 0 aliphatic rings. The molecule has 4 aromatic rings. The summed E-state index contributed by atoms with van der Waals surface area (Å²) in [6.45, 7) is 5.25. The minimum Gasteiger partial charge on any atom is -0.493 e. The van der Waals surface area contributed by atoms with Crippen molar-refractivity contribution < 1.29 is 22.7 Å². The molecule has 0 saturated heterocycles. The van der Waals surface area contributed by atoms with Crippen molar-refractivity contribution in [1.29, 1.82) is 0 Å². The van der Waals surface area contributed by atoms with E-state index in [0.29, 0.717) is 16.5 Å². The van der Waals surface area contributed by atoms with Gasteiger partial charge >= 0.3 is 0 Å². The molecule has 1 N–H and O–H groups in total. The van der Waals surface area contributed by atoms with Crippen molar-refractivity contribution in [2.75, 3.05) is 25.1 Å². The Bertz CT molecular complexity index is 1680. The molecule has 0 bridgehead atoms. The Morgan fingerprint density at radius 2 is 1.61 bits per heavy atom. The quantitative estimate of drug-likeness (QED) is 0.195. The number of halogens is 1. The molecular weight excluding hydrogens is 564 g/mol. The Morgan fingerprint density at radius 3 is 2.24 bits per heavy atom. The van der Waals surface area contributed by atoms with Crippen LogP contribution in [0.5, 0.6) is 11.5 Å². The highest BCUT2D eigenvalue weighted by molar-refractivity contribution is 7.92. The first kappa shape index (κ1) is 29.7. The van der Waals surface area contributed by atoms with Crippen LogP contribution in [-0.4, -0.2) is 45.9 Å². The summed E-state index contributed by atoms with van der Waals surface area (Å²) in [5, 5.41) is 4.76. The maximum atomic E-state index is 13.7. The van der Waals surface area contributed by atoms with Gasteiger partial charge in [-0.2, -0.15) is 5.10 Å². The molecule has 0 atom stereocenters. The summed E-state index contributed by atoms with van der Waals surface area (Å²) in [6, 6.07) is 20.5. The summed E-state index contributed by atoms with van der Waals surface area (Å²) in [5.74, 6) is 0.121. The van der Waals surface area contributed by atoms with E-state index in [4.69, 9.17) is 21.1 Å². The molecular formula is C30H31ClN4O5S. The maximum Gasteiger partial charge on any atom is 0.264 e. The number of methoxy groups -OCH3 is 2. The van der Waals surface area contributed by atoms with E-state index in [1.807, 2.05) is 55.7 Å². The Morgan fingerprint density at radius 1 is 0.951 bits per heavy atom. The van der Waals surface area contributed by atoms with Crippen molar-refractivity contribution in [1.82, 2.24) is 9.99 Å². The lowest BCUT2D eigenvalue weighted by molar-refractivity contribution is -0.119. The SMILES string of the molecule is COc1ccc(N(CC(=O)N/N=C/c2cc(C)n(-c3ccc(Cl)cc3)c2C)S(=O)(=O)c2ccc(C)cc2)cc1OC. The second-order valence-electron chi connectivity index (χ2n) is 9.30. The second kappa shape index (κ2) is 12.5. The lowest BCUT2D eigenvalue weighted by Crippen LogP contribution is -2.39. The number of hydrogen-bond acceptors (Lipinski definition) is 6. The molecule has 4 rings (SSSR count). The number of nitrogens with one attached hydrogen (secondary N) is 1. The summed E-state index contributed by atoms with van der Waals surface area (Å²) in [7, 11) is -1.19. The molecule has 11 heteroatoms. The van der Waals surface area contributed by atoms with Crippen LogP contribution in [-0.2, 0) is 14.8 Å². The minimum absolute atomic E-state index is 0.0452. The molecule has 214 valence electrons. The first-order valence-electron chi connectivity index (χ1n) is 12.6. The third-order valence-electron chi connectivity index (χ3n) is 6.50. The lowest BCUT2D eigenvalue weighted by Gasteiger charge is -2.24. The van der Waals surface area contributed by atoms with Gasteiger partial charge in [-0.25, -0.2) is 13.8 Å². The molecule has 0 aliphatic carbocycles. The number of rotatable bonds is 10. The number of sulfonamides is 1. The van der Waals surface area contributed by atoms with E-state index in [2.05, 4.69) is 10.5 Å². The Balaban J connectivity index is 1.59. The average Bonchev–Trinajstić information content (AvgIpc) is 3.24. The van der Waals surface area contributed by atoms with Crippen LogP contribution in [0, 0.1) is 20.8 Å².